The molecule has 0 fully saturated rings. The van der Waals surface area contributed by atoms with Gasteiger partial charge in [0, 0.05) is 26.2 Å². The molecule has 0 spiro atoms. The molecule has 24 heavy (non-hydrogen) atoms. The lowest BCUT2D eigenvalue weighted by Gasteiger charge is -2.31. The smallest absolute Gasteiger partial charge is 0.312 e. The topological polar surface area (TPSA) is 82.8 Å². The number of carbonyl (C=O) groups excluding carboxylic acids is 1. The Morgan fingerprint density at radius 1 is 1.21 bits per heavy atom. The van der Waals surface area contributed by atoms with E-state index in [1.165, 1.54) is 0 Å². The van der Waals surface area contributed by atoms with Gasteiger partial charge in [0.05, 0.1) is 13.7 Å². The van der Waals surface area contributed by atoms with Crippen molar-refractivity contribution in [3.8, 4) is 11.5 Å². The SMILES string of the molecule is COCCCOc1cc(CC(NC(N)=O)C(C)(C)C)ccc1OC. The fourth-order valence-electron chi connectivity index (χ4n) is 2.33. The molecule has 6 nitrogen and oxygen atoms in total. The first-order valence-corrected chi connectivity index (χ1v) is 8.12. The number of hydrogen-bond acceptors (Lipinski definition) is 4. The summed E-state index contributed by atoms with van der Waals surface area (Å²) in [5, 5.41) is 2.83. The van der Waals surface area contributed by atoms with Crippen LogP contribution < -0.4 is 20.5 Å². The summed E-state index contributed by atoms with van der Waals surface area (Å²) in [5.74, 6) is 1.38. The lowest BCUT2D eigenvalue weighted by Crippen LogP contribution is -2.47. The highest BCUT2D eigenvalue weighted by Crippen LogP contribution is 2.30. The van der Waals surface area contributed by atoms with Crippen LogP contribution in [0.1, 0.15) is 32.8 Å². The van der Waals surface area contributed by atoms with Crippen LogP contribution in [0.4, 0.5) is 4.79 Å². The Morgan fingerprint density at radius 2 is 1.92 bits per heavy atom. The highest BCUT2D eigenvalue weighted by molar-refractivity contribution is 5.72. The highest BCUT2D eigenvalue weighted by atomic mass is 16.5. The minimum atomic E-state index is -0.514. The second-order valence-corrected chi connectivity index (χ2v) is 6.81. The molecule has 0 aromatic heterocycles. The third kappa shape index (κ3) is 6.66. The summed E-state index contributed by atoms with van der Waals surface area (Å²) in [6.45, 7) is 7.41. The summed E-state index contributed by atoms with van der Waals surface area (Å²) >= 11 is 0. The van der Waals surface area contributed by atoms with Gasteiger partial charge in [-0.2, -0.15) is 0 Å². The van der Waals surface area contributed by atoms with Gasteiger partial charge in [-0.3, -0.25) is 0 Å². The van der Waals surface area contributed by atoms with Gasteiger partial charge >= 0.3 is 6.03 Å². The number of nitrogens with two attached hydrogens (primary N) is 1. The zero-order valence-electron chi connectivity index (χ0n) is 15.3. The largest absolute Gasteiger partial charge is 0.493 e. The Hall–Kier alpha value is -1.95. The van der Waals surface area contributed by atoms with Gasteiger partial charge in [-0.25, -0.2) is 4.79 Å². The molecule has 1 atom stereocenters. The summed E-state index contributed by atoms with van der Waals surface area (Å²) < 4.78 is 16.2. The van der Waals surface area contributed by atoms with Crippen molar-refractivity contribution in [3.05, 3.63) is 23.8 Å². The Kier molecular flexibility index (Phi) is 7.85. The van der Waals surface area contributed by atoms with Crippen molar-refractivity contribution in [2.45, 2.75) is 39.7 Å². The molecule has 1 aromatic rings. The average Bonchev–Trinajstić information content (AvgIpc) is 2.50. The van der Waals surface area contributed by atoms with Gasteiger partial charge in [-0.05, 0) is 29.5 Å². The Labute approximate surface area is 144 Å². The van der Waals surface area contributed by atoms with Crippen LogP contribution in [-0.2, 0) is 11.2 Å². The van der Waals surface area contributed by atoms with E-state index in [-0.39, 0.29) is 11.5 Å². The van der Waals surface area contributed by atoms with Crippen LogP contribution in [0, 0.1) is 5.41 Å². The van der Waals surface area contributed by atoms with Gasteiger partial charge < -0.3 is 25.3 Å². The van der Waals surface area contributed by atoms with Crippen molar-refractivity contribution in [2.75, 3.05) is 27.4 Å². The van der Waals surface area contributed by atoms with Gasteiger partial charge in [0.2, 0.25) is 0 Å². The van der Waals surface area contributed by atoms with Gasteiger partial charge in [0.15, 0.2) is 11.5 Å². The molecule has 0 bridgehead atoms. The number of primary amides is 1. The van der Waals surface area contributed by atoms with E-state index in [9.17, 15) is 4.79 Å². The van der Waals surface area contributed by atoms with E-state index >= 15 is 0 Å². The van der Waals surface area contributed by atoms with Crippen molar-refractivity contribution in [3.63, 3.8) is 0 Å². The minimum absolute atomic E-state index is 0.0789. The quantitative estimate of drug-likeness (QED) is 0.678. The van der Waals surface area contributed by atoms with Crippen LogP contribution in [0.15, 0.2) is 18.2 Å². The molecule has 6 heteroatoms. The van der Waals surface area contributed by atoms with E-state index in [0.29, 0.717) is 31.1 Å². The fourth-order valence-corrected chi connectivity index (χ4v) is 2.33. The number of methoxy groups -OCH3 is 2. The van der Waals surface area contributed by atoms with E-state index in [4.69, 9.17) is 19.9 Å². The van der Waals surface area contributed by atoms with E-state index in [1.807, 2.05) is 18.2 Å². The summed E-state index contributed by atoms with van der Waals surface area (Å²) in [4.78, 5) is 11.3. The van der Waals surface area contributed by atoms with Crippen LogP contribution in [0.2, 0.25) is 0 Å². The molecule has 3 N–H and O–H groups in total. The van der Waals surface area contributed by atoms with Crippen LogP contribution in [0.5, 0.6) is 11.5 Å². The molecule has 0 saturated heterocycles. The van der Waals surface area contributed by atoms with E-state index in [2.05, 4.69) is 26.1 Å². The normalized spacial score (nSPS) is 12.5. The van der Waals surface area contributed by atoms with Gasteiger partial charge in [-0.1, -0.05) is 26.8 Å². The maximum absolute atomic E-state index is 11.3. The van der Waals surface area contributed by atoms with Crippen molar-refractivity contribution in [2.24, 2.45) is 11.1 Å². The van der Waals surface area contributed by atoms with Crippen LogP contribution >= 0.6 is 0 Å². The monoisotopic (exact) mass is 338 g/mol. The number of benzene rings is 1. The third-order valence-electron chi connectivity index (χ3n) is 3.78. The zero-order chi connectivity index (χ0) is 18.2. The zero-order valence-corrected chi connectivity index (χ0v) is 15.3. The van der Waals surface area contributed by atoms with Crippen molar-refractivity contribution in [1.82, 2.24) is 5.32 Å². The molecule has 0 aliphatic carbocycles. The third-order valence-corrected chi connectivity index (χ3v) is 3.78. The van der Waals surface area contributed by atoms with Gasteiger partial charge in [0.25, 0.3) is 0 Å². The lowest BCUT2D eigenvalue weighted by molar-refractivity contribution is 0.170. The highest BCUT2D eigenvalue weighted by Gasteiger charge is 2.26. The molecule has 1 aromatic carbocycles. The maximum Gasteiger partial charge on any atom is 0.312 e. The molecule has 0 aliphatic heterocycles. The second kappa shape index (κ2) is 9.37. The van der Waals surface area contributed by atoms with Crippen LogP contribution in [0.25, 0.3) is 0 Å². The maximum atomic E-state index is 11.3. The van der Waals surface area contributed by atoms with Crippen molar-refractivity contribution >= 4 is 6.03 Å². The van der Waals surface area contributed by atoms with Crippen LogP contribution in [0.3, 0.4) is 0 Å². The Bertz CT molecular complexity index is 526. The summed E-state index contributed by atoms with van der Waals surface area (Å²) in [5.41, 5.74) is 6.24. The van der Waals surface area contributed by atoms with Crippen molar-refractivity contribution in [1.29, 1.82) is 0 Å². The van der Waals surface area contributed by atoms with E-state index in [1.54, 1.807) is 14.2 Å². The minimum Gasteiger partial charge on any atom is -0.493 e. The Morgan fingerprint density at radius 3 is 2.46 bits per heavy atom. The predicted molar refractivity (Wildman–Crippen MR) is 94.6 cm³/mol. The molecule has 1 rings (SSSR count). The number of nitrogens with one attached hydrogen (secondary N) is 1. The molecule has 2 amide bonds. The van der Waals surface area contributed by atoms with Crippen molar-refractivity contribution < 1.29 is 19.0 Å². The fraction of sp³-hybridized carbons (Fsp3) is 0.611. The average molecular weight is 338 g/mol. The first-order valence-electron chi connectivity index (χ1n) is 8.12. The number of carbonyl (C=O) groups is 1. The van der Waals surface area contributed by atoms with E-state index < -0.39 is 6.03 Å². The molecular weight excluding hydrogens is 308 g/mol. The second-order valence-electron chi connectivity index (χ2n) is 6.81. The lowest BCUT2D eigenvalue weighted by atomic mass is 9.83. The van der Waals surface area contributed by atoms with E-state index in [0.717, 1.165) is 12.0 Å². The molecule has 0 saturated carbocycles. The Balaban J connectivity index is 2.88. The van der Waals surface area contributed by atoms with Gasteiger partial charge in [-0.15, -0.1) is 0 Å². The molecule has 0 radical (unpaired) electrons. The summed E-state index contributed by atoms with van der Waals surface area (Å²) in [6.07, 6.45) is 1.46. The number of urea groups is 1. The first-order chi connectivity index (χ1) is 11.3. The standard InChI is InChI=1S/C18H30N2O4/c1-18(2,3)16(20-17(19)21)12-13-7-8-14(23-5)15(11-13)24-10-6-9-22-4/h7-8,11,16H,6,9-10,12H2,1-5H3,(H3,19,20,21). The number of ether oxygens (including phenoxy) is 3. The molecule has 0 aliphatic rings. The van der Waals surface area contributed by atoms with Crippen LogP contribution in [-0.4, -0.2) is 39.5 Å². The first kappa shape index (κ1) is 20.1. The number of amides is 2. The van der Waals surface area contributed by atoms with Gasteiger partial charge in [0.1, 0.15) is 0 Å². The summed E-state index contributed by atoms with van der Waals surface area (Å²) in [6, 6.07) is 5.21. The number of hydrogen-bond donors (Lipinski definition) is 2. The predicted octanol–water partition coefficient (Wildman–Crippen LogP) is 2.74. The summed E-state index contributed by atoms with van der Waals surface area (Å²) in [7, 11) is 3.28. The number of rotatable bonds is 9. The molecule has 136 valence electrons. The molecule has 0 heterocycles. The molecule has 1 unspecified atom stereocenters. The molecular formula is C18H30N2O4.